The Morgan fingerprint density at radius 1 is 0.320 bits per heavy atom. The summed E-state index contributed by atoms with van der Waals surface area (Å²) in [5, 5.41) is 4.75. The van der Waals surface area contributed by atoms with Crippen LogP contribution in [0, 0.1) is 0 Å². The standard InChI is InChI=1S/C48H31NO/c1-3-10-32(11-4-1)34-18-20-36(21-19-34)40-15-9-17-47-48(40)43-31-38(25-29-46(43)50-47)37-24-28-45-42(30-37)41-14-7-8-16-44(41)49(45)39-26-22-35(23-27-39)33-12-5-2-6-13-33/h1-31H. The van der Waals surface area contributed by atoms with E-state index in [2.05, 4.69) is 193 Å². The summed E-state index contributed by atoms with van der Waals surface area (Å²) >= 11 is 0. The van der Waals surface area contributed by atoms with Gasteiger partial charge in [0.2, 0.25) is 0 Å². The van der Waals surface area contributed by atoms with Crippen LogP contribution in [-0.4, -0.2) is 4.57 Å². The molecule has 0 radical (unpaired) electrons. The molecule has 0 saturated carbocycles. The van der Waals surface area contributed by atoms with Gasteiger partial charge in [-0.1, -0.05) is 140 Å². The summed E-state index contributed by atoms with van der Waals surface area (Å²) in [7, 11) is 0. The molecule has 0 unspecified atom stereocenters. The number of para-hydroxylation sites is 1. The number of rotatable bonds is 5. The number of fused-ring (bicyclic) bond motifs is 6. The summed E-state index contributed by atoms with van der Waals surface area (Å²) in [6.45, 7) is 0. The first-order valence-electron chi connectivity index (χ1n) is 17.1. The zero-order valence-electron chi connectivity index (χ0n) is 27.3. The van der Waals surface area contributed by atoms with Crippen LogP contribution in [0.25, 0.3) is 93.9 Å². The summed E-state index contributed by atoms with van der Waals surface area (Å²) in [5.41, 5.74) is 14.9. The second kappa shape index (κ2) is 11.5. The van der Waals surface area contributed by atoms with Crippen molar-refractivity contribution in [3.05, 3.63) is 188 Å². The molecule has 0 saturated heterocycles. The van der Waals surface area contributed by atoms with E-state index in [1.807, 2.05) is 0 Å². The molecule has 0 atom stereocenters. The average molecular weight is 638 g/mol. The van der Waals surface area contributed by atoms with Gasteiger partial charge in [0.25, 0.3) is 0 Å². The topological polar surface area (TPSA) is 18.1 Å². The predicted octanol–water partition coefficient (Wildman–Crippen LogP) is 13.4. The van der Waals surface area contributed by atoms with Crippen molar-refractivity contribution in [2.24, 2.45) is 0 Å². The highest BCUT2D eigenvalue weighted by atomic mass is 16.3. The smallest absolute Gasteiger partial charge is 0.136 e. The fourth-order valence-electron chi connectivity index (χ4n) is 7.58. The third-order valence-corrected chi connectivity index (χ3v) is 10.0. The van der Waals surface area contributed by atoms with E-state index in [1.165, 1.54) is 66.3 Å². The lowest BCUT2D eigenvalue weighted by Crippen LogP contribution is -1.93. The Morgan fingerprint density at radius 2 is 0.860 bits per heavy atom. The van der Waals surface area contributed by atoms with Crippen LogP contribution in [0.1, 0.15) is 0 Å². The molecule has 0 fully saturated rings. The summed E-state index contributed by atoms with van der Waals surface area (Å²) < 4.78 is 8.79. The highest BCUT2D eigenvalue weighted by molar-refractivity contribution is 6.14. The molecule has 2 aromatic heterocycles. The average Bonchev–Trinajstić information content (AvgIpc) is 3.74. The van der Waals surface area contributed by atoms with Gasteiger partial charge in [-0.15, -0.1) is 0 Å². The highest BCUT2D eigenvalue weighted by Gasteiger charge is 2.16. The molecule has 10 rings (SSSR count). The number of hydrogen-bond acceptors (Lipinski definition) is 1. The molecule has 0 aliphatic heterocycles. The van der Waals surface area contributed by atoms with Crippen LogP contribution in [-0.2, 0) is 0 Å². The zero-order chi connectivity index (χ0) is 33.0. The van der Waals surface area contributed by atoms with Crippen molar-refractivity contribution in [2.45, 2.75) is 0 Å². The van der Waals surface area contributed by atoms with Crippen molar-refractivity contribution in [3.63, 3.8) is 0 Å². The highest BCUT2D eigenvalue weighted by Crippen LogP contribution is 2.40. The fraction of sp³-hybridized carbons (Fsp3) is 0. The maximum absolute atomic E-state index is 6.41. The van der Waals surface area contributed by atoms with Crippen LogP contribution in [0.5, 0.6) is 0 Å². The van der Waals surface area contributed by atoms with Gasteiger partial charge < -0.3 is 8.98 Å². The van der Waals surface area contributed by atoms with Crippen LogP contribution in [0.4, 0.5) is 0 Å². The van der Waals surface area contributed by atoms with E-state index in [4.69, 9.17) is 4.42 Å². The Balaban J connectivity index is 1.08. The van der Waals surface area contributed by atoms with Crippen molar-refractivity contribution in [2.75, 3.05) is 0 Å². The molecule has 0 aliphatic carbocycles. The Morgan fingerprint density at radius 3 is 1.58 bits per heavy atom. The largest absolute Gasteiger partial charge is 0.456 e. The van der Waals surface area contributed by atoms with Gasteiger partial charge in [-0.25, -0.2) is 0 Å². The van der Waals surface area contributed by atoms with Crippen molar-refractivity contribution in [3.8, 4) is 50.2 Å². The van der Waals surface area contributed by atoms with Gasteiger partial charge in [0, 0.05) is 27.2 Å². The number of furan rings is 1. The first-order valence-corrected chi connectivity index (χ1v) is 17.1. The SMILES string of the molecule is c1ccc(-c2ccc(-c3cccc4oc5ccc(-c6ccc7c(c6)c6ccccc6n7-c6ccc(-c7ccccc7)cc6)cc5c34)cc2)cc1. The summed E-state index contributed by atoms with van der Waals surface area (Å²) in [6.07, 6.45) is 0. The van der Waals surface area contributed by atoms with Crippen molar-refractivity contribution in [1.82, 2.24) is 4.57 Å². The predicted molar refractivity (Wildman–Crippen MR) is 210 cm³/mol. The van der Waals surface area contributed by atoms with E-state index >= 15 is 0 Å². The van der Waals surface area contributed by atoms with Gasteiger partial charge in [0.05, 0.1) is 11.0 Å². The van der Waals surface area contributed by atoms with Gasteiger partial charge in [-0.3, -0.25) is 0 Å². The first-order chi connectivity index (χ1) is 24.8. The Labute approximate surface area is 290 Å². The molecular weight excluding hydrogens is 607 g/mol. The molecular formula is C48H31NO. The van der Waals surface area contributed by atoms with Gasteiger partial charge in [0.1, 0.15) is 11.2 Å². The minimum absolute atomic E-state index is 0.897. The Kier molecular flexibility index (Phi) is 6.53. The number of hydrogen-bond donors (Lipinski definition) is 0. The lowest BCUT2D eigenvalue weighted by atomic mass is 9.95. The van der Waals surface area contributed by atoms with Gasteiger partial charge in [-0.05, 0) is 93.0 Å². The number of nitrogens with zero attached hydrogens (tertiary/aromatic N) is 1. The second-order valence-corrected chi connectivity index (χ2v) is 12.9. The third kappa shape index (κ3) is 4.65. The van der Waals surface area contributed by atoms with E-state index in [1.54, 1.807) is 0 Å². The van der Waals surface area contributed by atoms with Gasteiger partial charge in [-0.2, -0.15) is 0 Å². The molecule has 2 heteroatoms. The van der Waals surface area contributed by atoms with E-state index in [9.17, 15) is 0 Å². The van der Waals surface area contributed by atoms with Gasteiger partial charge in [0.15, 0.2) is 0 Å². The van der Waals surface area contributed by atoms with Crippen LogP contribution < -0.4 is 0 Å². The maximum atomic E-state index is 6.41. The van der Waals surface area contributed by atoms with Crippen molar-refractivity contribution < 1.29 is 4.42 Å². The maximum Gasteiger partial charge on any atom is 0.136 e. The van der Waals surface area contributed by atoms with Crippen LogP contribution in [0.3, 0.4) is 0 Å². The van der Waals surface area contributed by atoms with E-state index in [0.717, 1.165) is 27.6 Å². The zero-order valence-corrected chi connectivity index (χ0v) is 27.3. The third-order valence-electron chi connectivity index (χ3n) is 10.0. The molecule has 8 aromatic carbocycles. The molecule has 0 spiro atoms. The molecule has 10 aromatic rings. The number of benzene rings is 8. The lowest BCUT2D eigenvalue weighted by molar-refractivity contribution is 0.669. The number of aromatic nitrogens is 1. The molecule has 2 heterocycles. The van der Waals surface area contributed by atoms with E-state index in [0.29, 0.717) is 0 Å². The fourth-order valence-corrected chi connectivity index (χ4v) is 7.58. The molecule has 0 bridgehead atoms. The van der Waals surface area contributed by atoms with Crippen LogP contribution >= 0.6 is 0 Å². The van der Waals surface area contributed by atoms with Gasteiger partial charge >= 0.3 is 0 Å². The monoisotopic (exact) mass is 637 g/mol. The molecule has 0 N–H and O–H groups in total. The van der Waals surface area contributed by atoms with Crippen molar-refractivity contribution in [1.29, 1.82) is 0 Å². The summed E-state index contributed by atoms with van der Waals surface area (Å²) in [4.78, 5) is 0. The van der Waals surface area contributed by atoms with Crippen LogP contribution in [0.15, 0.2) is 192 Å². The molecule has 50 heavy (non-hydrogen) atoms. The summed E-state index contributed by atoms with van der Waals surface area (Å²) in [5.74, 6) is 0. The molecule has 0 amide bonds. The minimum Gasteiger partial charge on any atom is -0.456 e. The minimum atomic E-state index is 0.897. The normalized spacial score (nSPS) is 11.6. The van der Waals surface area contributed by atoms with E-state index < -0.39 is 0 Å². The molecule has 2 nitrogen and oxygen atoms in total. The Hall–Kier alpha value is -6.64. The Bertz CT molecular complexity index is 2810. The first kappa shape index (κ1) is 28.4. The molecule has 0 aliphatic rings. The lowest BCUT2D eigenvalue weighted by Gasteiger charge is -2.10. The quantitative estimate of drug-likeness (QED) is 0.184. The summed E-state index contributed by atoms with van der Waals surface area (Å²) in [6, 6.07) is 67.4. The van der Waals surface area contributed by atoms with Crippen molar-refractivity contribution >= 4 is 43.7 Å². The molecule has 234 valence electrons. The van der Waals surface area contributed by atoms with E-state index in [-0.39, 0.29) is 0 Å². The van der Waals surface area contributed by atoms with Crippen LogP contribution in [0.2, 0.25) is 0 Å². The second-order valence-electron chi connectivity index (χ2n) is 12.9.